The summed E-state index contributed by atoms with van der Waals surface area (Å²) in [7, 11) is 0. The fourth-order valence-electron chi connectivity index (χ4n) is 2.76. The fourth-order valence-corrected chi connectivity index (χ4v) is 2.76. The second-order valence-corrected chi connectivity index (χ2v) is 5.59. The summed E-state index contributed by atoms with van der Waals surface area (Å²) in [6, 6.07) is 0. The number of likely N-dealkylation sites (tertiary alicyclic amines) is 1. The van der Waals surface area contributed by atoms with Gasteiger partial charge in [0.1, 0.15) is 0 Å². The Morgan fingerprint density at radius 1 is 1.31 bits per heavy atom. The summed E-state index contributed by atoms with van der Waals surface area (Å²) >= 11 is 0. The molecule has 2 saturated carbocycles. The van der Waals surface area contributed by atoms with Crippen LogP contribution in [-0.4, -0.2) is 40.6 Å². The average molecular weight is 224 g/mol. The Kier molecular flexibility index (Phi) is 1.80. The highest BCUT2D eigenvalue weighted by atomic mass is 16.4. The highest BCUT2D eigenvalue weighted by Crippen LogP contribution is 2.52. The lowest BCUT2D eigenvalue weighted by atomic mass is 10.2. The highest BCUT2D eigenvalue weighted by Gasteiger charge is 2.61. The Morgan fingerprint density at radius 2 is 1.88 bits per heavy atom. The molecule has 1 aliphatic heterocycles. The van der Waals surface area contributed by atoms with E-state index in [1.807, 2.05) is 0 Å². The molecule has 3 atom stereocenters. The molecule has 0 bridgehead atoms. The normalized spacial score (nSPS) is 37.8. The van der Waals surface area contributed by atoms with Gasteiger partial charge in [0.25, 0.3) is 0 Å². The third-order valence-electron chi connectivity index (χ3n) is 4.19. The van der Waals surface area contributed by atoms with E-state index in [1.165, 1.54) is 4.90 Å². The number of rotatable bonds is 2. The summed E-state index contributed by atoms with van der Waals surface area (Å²) in [4.78, 5) is 24.0. The van der Waals surface area contributed by atoms with Crippen LogP contribution in [0.5, 0.6) is 0 Å². The molecule has 3 rings (SSSR count). The van der Waals surface area contributed by atoms with Gasteiger partial charge in [-0.1, -0.05) is 0 Å². The molecule has 0 spiro atoms. The van der Waals surface area contributed by atoms with Crippen molar-refractivity contribution in [1.82, 2.24) is 10.2 Å². The van der Waals surface area contributed by atoms with Crippen LogP contribution in [0.3, 0.4) is 0 Å². The van der Waals surface area contributed by atoms with Crippen LogP contribution < -0.4 is 5.32 Å². The number of hydrogen-bond donors (Lipinski definition) is 2. The van der Waals surface area contributed by atoms with E-state index in [0.717, 1.165) is 12.8 Å². The van der Waals surface area contributed by atoms with Crippen LogP contribution in [-0.2, 0) is 4.79 Å². The molecule has 5 heteroatoms. The number of piperidine rings is 1. The molecule has 2 amide bonds. The molecule has 2 N–H and O–H groups in total. The van der Waals surface area contributed by atoms with E-state index in [-0.39, 0.29) is 29.2 Å². The number of carbonyl (C=O) groups excluding carboxylic acids is 1. The Labute approximate surface area is 93.8 Å². The third-order valence-corrected chi connectivity index (χ3v) is 4.19. The minimum atomic E-state index is -0.861. The number of nitrogens with zero attached hydrogens (tertiary/aromatic N) is 1. The lowest BCUT2D eigenvalue weighted by molar-refractivity contribution is -0.124. The van der Waals surface area contributed by atoms with Crippen LogP contribution in [0.4, 0.5) is 4.79 Å². The van der Waals surface area contributed by atoms with Crippen molar-refractivity contribution in [1.29, 1.82) is 0 Å². The van der Waals surface area contributed by atoms with Gasteiger partial charge < -0.3 is 15.3 Å². The maximum absolute atomic E-state index is 11.9. The number of carboxylic acid groups (broad SMARTS) is 1. The van der Waals surface area contributed by atoms with Gasteiger partial charge in [-0.3, -0.25) is 4.79 Å². The molecule has 0 radical (unpaired) electrons. The first-order valence-electron chi connectivity index (χ1n) is 5.80. The minimum Gasteiger partial charge on any atom is -0.465 e. The van der Waals surface area contributed by atoms with Gasteiger partial charge >= 0.3 is 6.09 Å². The van der Waals surface area contributed by atoms with Crippen molar-refractivity contribution >= 4 is 12.0 Å². The van der Waals surface area contributed by atoms with Crippen molar-refractivity contribution in [3.8, 4) is 0 Å². The average Bonchev–Trinajstić information content (AvgIpc) is 3.04. The second-order valence-electron chi connectivity index (χ2n) is 5.59. The lowest BCUT2D eigenvalue weighted by Gasteiger charge is -2.17. The Morgan fingerprint density at radius 3 is 2.31 bits per heavy atom. The Balaban J connectivity index is 1.54. The van der Waals surface area contributed by atoms with E-state index >= 15 is 0 Å². The van der Waals surface area contributed by atoms with Crippen LogP contribution in [0.15, 0.2) is 0 Å². The summed E-state index contributed by atoms with van der Waals surface area (Å²) in [5, 5.41) is 11.9. The first-order valence-corrected chi connectivity index (χ1v) is 5.80. The zero-order chi connectivity index (χ0) is 11.5. The summed E-state index contributed by atoms with van der Waals surface area (Å²) in [5.74, 6) is 0.768. The second kappa shape index (κ2) is 2.90. The van der Waals surface area contributed by atoms with Gasteiger partial charge in [0.15, 0.2) is 0 Å². The standard InChI is InChI=1S/C11H16N2O3/c1-11(2-3-11)12-9(14)8-6-4-13(10(15)16)5-7(6)8/h6-8H,2-5H2,1H3,(H,12,14)(H,15,16)/t6-,7?,8?/m1/s1. The maximum Gasteiger partial charge on any atom is 0.407 e. The monoisotopic (exact) mass is 224 g/mol. The van der Waals surface area contributed by atoms with Crippen LogP contribution in [0.2, 0.25) is 0 Å². The van der Waals surface area contributed by atoms with E-state index < -0.39 is 6.09 Å². The van der Waals surface area contributed by atoms with Crippen molar-refractivity contribution in [2.24, 2.45) is 17.8 Å². The number of carbonyl (C=O) groups is 2. The molecule has 1 saturated heterocycles. The van der Waals surface area contributed by atoms with Crippen LogP contribution in [0.25, 0.3) is 0 Å². The van der Waals surface area contributed by atoms with Gasteiger partial charge in [0, 0.05) is 24.5 Å². The molecule has 2 aliphatic carbocycles. The fraction of sp³-hybridized carbons (Fsp3) is 0.818. The highest BCUT2D eigenvalue weighted by molar-refractivity contribution is 5.84. The number of fused-ring (bicyclic) bond motifs is 1. The van der Waals surface area contributed by atoms with Gasteiger partial charge in [-0.05, 0) is 31.6 Å². The molecule has 5 nitrogen and oxygen atoms in total. The van der Waals surface area contributed by atoms with E-state index in [9.17, 15) is 9.59 Å². The first kappa shape index (κ1) is 9.93. The van der Waals surface area contributed by atoms with E-state index in [2.05, 4.69) is 12.2 Å². The number of amides is 2. The molecule has 0 aromatic carbocycles. The zero-order valence-corrected chi connectivity index (χ0v) is 9.27. The molecular weight excluding hydrogens is 208 g/mol. The zero-order valence-electron chi connectivity index (χ0n) is 9.27. The summed E-state index contributed by atoms with van der Waals surface area (Å²) < 4.78 is 0. The number of hydrogen-bond acceptors (Lipinski definition) is 2. The van der Waals surface area contributed by atoms with Gasteiger partial charge in [0.2, 0.25) is 5.91 Å². The number of nitrogens with one attached hydrogen (secondary N) is 1. The summed E-state index contributed by atoms with van der Waals surface area (Å²) in [6.45, 7) is 3.14. The smallest absolute Gasteiger partial charge is 0.407 e. The molecule has 88 valence electrons. The summed E-state index contributed by atoms with van der Waals surface area (Å²) in [5.41, 5.74) is 0.0421. The molecule has 0 aromatic rings. The van der Waals surface area contributed by atoms with Gasteiger partial charge in [0.05, 0.1) is 0 Å². The Hall–Kier alpha value is -1.26. The van der Waals surface area contributed by atoms with Crippen molar-refractivity contribution in [2.75, 3.05) is 13.1 Å². The van der Waals surface area contributed by atoms with Crippen LogP contribution >= 0.6 is 0 Å². The van der Waals surface area contributed by atoms with Crippen LogP contribution in [0.1, 0.15) is 19.8 Å². The SMILES string of the molecule is CC1(NC(=O)C2C3CN(C(=O)O)C[C@H]32)CC1. The Bertz CT molecular complexity index is 352. The maximum atomic E-state index is 11.9. The van der Waals surface area contributed by atoms with Crippen molar-refractivity contribution < 1.29 is 14.7 Å². The predicted octanol–water partition coefficient (Wildman–Crippen LogP) is 0.511. The predicted molar refractivity (Wildman–Crippen MR) is 55.8 cm³/mol. The van der Waals surface area contributed by atoms with Crippen molar-refractivity contribution in [3.05, 3.63) is 0 Å². The molecule has 3 fully saturated rings. The lowest BCUT2D eigenvalue weighted by Crippen LogP contribution is -2.38. The topological polar surface area (TPSA) is 69.6 Å². The van der Waals surface area contributed by atoms with Crippen molar-refractivity contribution in [3.63, 3.8) is 0 Å². The van der Waals surface area contributed by atoms with Gasteiger partial charge in [-0.15, -0.1) is 0 Å². The van der Waals surface area contributed by atoms with Crippen LogP contribution in [0, 0.1) is 17.8 Å². The van der Waals surface area contributed by atoms with Gasteiger partial charge in [-0.25, -0.2) is 4.79 Å². The molecule has 1 heterocycles. The third kappa shape index (κ3) is 1.45. The van der Waals surface area contributed by atoms with Gasteiger partial charge in [-0.2, -0.15) is 0 Å². The minimum absolute atomic E-state index is 0.0421. The molecule has 16 heavy (non-hydrogen) atoms. The molecular formula is C11H16N2O3. The van der Waals surface area contributed by atoms with E-state index in [1.54, 1.807) is 0 Å². The first-order chi connectivity index (χ1) is 7.50. The molecule has 0 aromatic heterocycles. The largest absolute Gasteiger partial charge is 0.465 e. The van der Waals surface area contributed by atoms with E-state index in [0.29, 0.717) is 13.1 Å². The molecule has 3 aliphatic rings. The summed E-state index contributed by atoms with van der Waals surface area (Å²) in [6.07, 6.45) is 1.28. The van der Waals surface area contributed by atoms with Crippen molar-refractivity contribution in [2.45, 2.75) is 25.3 Å². The quantitative estimate of drug-likeness (QED) is 0.718. The van der Waals surface area contributed by atoms with E-state index in [4.69, 9.17) is 5.11 Å². The molecule has 2 unspecified atom stereocenters.